The minimum atomic E-state index is -0.522. The van der Waals surface area contributed by atoms with Crippen molar-refractivity contribution in [1.29, 1.82) is 0 Å². The number of nitrogens with one attached hydrogen (secondary N) is 1. The molecule has 0 radical (unpaired) electrons. The maximum Gasteiger partial charge on any atom is 0.270 e. The first-order valence-corrected chi connectivity index (χ1v) is 7.55. The zero-order valence-corrected chi connectivity index (χ0v) is 13.4. The van der Waals surface area contributed by atoms with E-state index in [1.54, 1.807) is 30.3 Å². The molecule has 0 saturated carbocycles. The molecular weight excluding hydrogens is 338 g/mol. The van der Waals surface area contributed by atoms with Crippen LogP contribution in [0.25, 0.3) is 10.9 Å². The minimum absolute atomic E-state index is 0.0749. The molecule has 0 aliphatic rings. The van der Waals surface area contributed by atoms with E-state index in [0.29, 0.717) is 16.5 Å². The van der Waals surface area contributed by atoms with Crippen molar-refractivity contribution in [3.63, 3.8) is 0 Å². The number of amides is 1. The largest absolute Gasteiger partial charge is 0.289 e. The van der Waals surface area contributed by atoms with Crippen LogP contribution in [-0.2, 0) is 11.3 Å². The first-order chi connectivity index (χ1) is 12.5. The van der Waals surface area contributed by atoms with Crippen molar-refractivity contribution >= 4 is 28.7 Å². The van der Waals surface area contributed by atoms with Crippen LogP contribution in [0.15, 0.2) is 64.8 Å². The van der Waals surface area contributed by atoms with E-state index >= 15 is 0 Å². The molecule has 26 heavy (non-hydrogen) atoms. The summed E-state index contributed by atoms with van der Waals surface area (Å²) in [6.07, 6.45) is 2.58. The van der Waals surface area contributed by atoms with Gasteiger partial charge >= 0.3 is 0 Å². The first kappa shape index (κ1) is 17.0. The lowest BCUT2D eigenvalue weighted by Gasteiger charge is -2.05. The highest BCUT2D eigenvalue weighted by molar-refractivity contribution is 5.83. The van der Waals surface area contributed by atoms with Gasteiger partial charge in [-0.25, -0.2) is 10.4 Å². The van der Waals surface area contributed by atoms with Gasteiger partial charge in [-0.05, 0) is 12.1 Å². The van der Waals surface area contributed by atoms with Gasteiger partial charge in [-0.3, -0.25) is 24.3 Å². The Kier molecular flexibility index (Phi) is 4.79. The van der Waals surface area contributed by atoms with E-state index < -0.39 is 10.8 Å². The smallest absolute Gasteiger partial charge is 0.270 e. The molecule has 0 saturated heterocycles. The summed E-state index contributed by atoms with van der Waals surface area (Å²) in [7, 11) is 0. The summed E-state index contributed by atoms with van der Waals surface area (Å²) in [5.74, 6) is -0.522. The number of aromatic nitrogens is 2. The lowest BCUT2D eigenvalue weighted by atomic mass is 10.2. The molecule has 1 aromatic heterocycles. The molecule has 2 aromatic carbocycles. The van der Waals surface area contributed by atoms with Crippen LogP contribution in [-0.4, -0.2) is 26.6 Å². The summed E-state index contributed by atoms with van der Waals surface area (Å²) < 4.78 is 1.18. The van der Waals surface area contributed by atoms with Gasteiger partial charge in [-0.15, -0.1) is 0 Å². The molecule has 0 unspecified atom stereocenters. The van der Waals surface area contributed by atoms with Crippen molar-refractivity contribution in [2.75, 3.05) is 0 Å². The van der Waals surface area contributed by atoms with Gasteiger partial charge < -0.3 is 0 Å². The standard InChI is InChI=1S/C17H13N5O4/c23-16(20-19-9-12-4-3-5-13(8-12)22(25)26)10-21-11-18-15-7-2-1-6-14(15)17(21)24/h1-9,11H,10H2,(H,20,23)/b19-9+. The summed E-state index contributed by atoms with van der Waals surface area (Å²) in [4.78, 5) is 38.6. The van der Waals surface area contributed by atoms with Gasteiger partial charge in [0.25, 0.3) is 17.2 Å². The van der Waals surface area contributed by atoms with E-state index in [0.717, 1.165) is 0 Å². The van der Waals surface area contributed by atoms with Crippen LogP contribution in [0.3, 0.4) is 0 Å². The quantitative estimate of drug-likeness (QED) is 0.424. The van der Waals surface area contributed by atoms with Crippen LogP contribution >= 0.6 is 0 Å². The Morgan fingerprint density at radius 3 is 2.88 bits per heavy atom. The van der Waals surface area contributed by atoms with Crippen molar-refractivity contribution in [1.82, 2.24) is 15.0 Å². The molecule has 0 fully saturated rings. The van der Waals surface area contributed by atoms with E-state index in [4.69, 9.17) is 0 Å². The molecule has 9 heteroatoms. The van der Waals surface area contributed by atoms with Crippen LogP contribution in [0.5, 0.6) is 0 Å². The number of benzene rings is 2. The van der Waals surface area contributed by atoms with E-state index in [1.807, 2.05) is 0 Å². The van der Waals surface area contributed by atoms with Gasteiger partial charge in [0.15, 0.2) is 0 Å². The van der Waals surface area contributed by atoms with E-state index in [-0.39, 0.29) is 17.8 Å². The average Bonchev–Trinajstić information content (AvgIpc) is 2.64. The molecule has 3 aromatic rings. The molecule has 9 nitrogen and oxygen atoms in total. The number of rotatable bonds is 5. The van der Waals surface area contributed by atoms with Gasteiger partial charge in [-0.1, -0.05) is 24.3 Å². The number of carbonyl (C=O) groups excluding carboxylic acids is 1. The van der Waals surface area contributed by atoms with Crippen molar-refractivity contribution < 1.29 is 9.72 Å². The monoisotopic (exact) mass is 351 g/mol. The third kappa shape index (κ3) is 3.78. The minimum Gasteiger partial charge on any atom is -0.289 e. The average molecular weight is 351 g/mol. The number of non-ortho nitro benzene ring substituents is 1. The number of nitro benzene ring substituents is 1. The van der Waals surface area contributed by atoms with Crippen molar-refractivity contribution in [3.05, 3.63) is 80.9 Å². The normalized spacial score (nSPS) is 10.9. The number of para-hydroxylation sites is 1. The molecule has 3 rings (SSSR count). The fourth-order valence-electron chi connectivity index (χ4n) is 2.31. The second-order valence-corrected chi connectivity index (χ2v) is 5.34. The number of hydrogen-bond donors (Lipinski definition) is 1. The molecule has 1 amide bonds. The summed E-state index contributed by atoms with van der Waals surface area (Å²) in [5.41, 5.74) is 2.89. The van der Waals surface area contributed by atoms with Gasteiger partial charge in [-0.2, -0.15) is 5.10 Å². The molecule has 0 spiro atoms. The van der Waals surface area contributed by atoms with Crippen LogP contribution in [0.4, 0.5) is 5.69 Å². The van der Waals surface area contributed by atoms with Crippen molar-refractivity contribution in [3.8, 4) is 0 Å². The molecule has 0 aliphatic carbocycles. The molecule has 1 heterocycles. The summed E-state index contributed by atoms with van der Waals surface area (Å²) in [6.45, 7) is -0.247. The van der Waals surface area contributed by atoms with E-state index in [2.05, 4.69) is 15.5 Å². The van der Waals surface area contributed by atoms with Crippen LogP contribution in [0.1, 0.15) is 5.56 Å². The van der Waals surface area contributed by atoms with Gasteiger partial charge in [0.2, 0.25) is 0 Å². The fourth-order valence-corrected chi connectivity index (χ4v) is 2.31. The number of fused-ring (bicyclic) bond motifs is 1. The second kappa shape index (κ2) is 7.34. The SMILES string of the molecule is O=C(Cn1cnc2ccccc2c1=O)N/N=C/c1cccc([N+](=O)[O-])c1. The maximum atomic E-state index is 12.3. The third-order valence-corrected chi connectivity index (χ3v) is 3.53. The fraction of sp³-hybridized carbons (Fsp3) is 0.0588. The molecule has 1 N–H and O–H groups in total. The second-order valence-electron chi connectivity index (χ2n) is 5.34. The van der Waals surface area contributed by atoms with Crippen LogP contribution in [0.2, 0.25) is 0 Å². The topological polar surface area (TPSA) is 119 Å². The Hall–Kier alpha value is -3.88. The van der Waals surface area contributed by atoms with Gasteiger partial charge in [0.05, 0.1) is 28.4 Å². The van der Waals surface area contributed by atoms with E-state index in [9.17, 15) is 19.7 Å². The molecule has 0 bridgehead atoms. The summed E-state index contributed by atoms with van der Waals surface area (Å²) in [6, 6.07) is 12.7. The lowest BCUT2D eigenvalue weighted by Crippen LogP contribution is -2.30. The van der Waals surface area contributed by atoms with Gasteiger partial charge in [0, 0.05) is 17.7 Å². The third-order valence-electron chi connectivity index (χ3n) is 3.53. The zero-order chi connectivity index (χ0) is 18.5. The highest BCUT2D eigenvalue weighted by Crippen LogP contribution is 2.11. The lowest BCUT2D eigenvalue weighted by molar-refractivity contribution is -0.384. The first-order valence-electron chi connectivity index (χ1n) is 7.55. The van der Waals surface area contributed by atoms with E-state index in [1.165, 1.54) is 35.3 Å². The van der Waals surface area contributed by atoms with Crippen LogP contribution in [0, 0.1) is 10.1 Å². The Balaban J connectivity index is 1.68. The number of nitrogens with zero attached hydrogens (tertiary/aromatic N) is 4. The van der Waals surface area contributed by atoms with Gasteiger partial charge in [0.1, 0.15) is 6.54 Å². The Morgan fingerprint density at radius 2 is 2.08 bits per heavy atom. The maximum absolute atomic E-state index is 12.3. The molecular formula is C17H13N5O4. The number of hydrogen-bond acceptors (Lipinski definition) is 6. The number of hydrazone groups is 1. The summed E-state index contributed by atoms with van der Waals surface area (Å²) in [5, 5.41) is 14.9. The predicted molar refractivity (Wildman–Crippen MR) is 94.8 cm³/mol. The molecule has 130 valence electrons. The zero-order valence-electron chi connectivity index (χ0n) is 13.4. The highest BCUT2D eigenvalue weighted by Gasteiger charge is 2.07. The molecule has 0 aliphatic heterocycles. The van der Waals surface area contributed by atoms with Crippen molar-refractivity contribution in [2.45, 2.75) is 6.54 Å². The highest BCUT2D eigenvalue weighted by atomic mass is 16.6. The van der Waals surface area contributed by atoms with Crippen molar-refractivity contribution in [2.24, 2.45) is 5.10 Å². The Labute approximate surface area is 146 Å². The number of carbonyl (C=O) groups is 1. The predicted octanol–water partition coefficient (Wildman–Crippen LogP) is 1.46. The summed E-state index contributed by atoms with van der Waals surface area (Å²) >= 11 is 0. The number of nitro groups is 1. The molecule has 0 atom stereocenters. The van der Waals surface area contributed by atoms with Crippen LogP contribution < -0.4 is 11.0 Å². The Morgan fingerprint density at radius 1 is 1.27 bits per heavy atom. The Bertz CT molecular complexity index is 1070.